The van der Waals surface area contributed by atoms with Crippen LogP contribution in [0.5, 0.6) is 0 Å². The van der Waals surface area contributed by atoms with Crippen LogP contribution < -0.4 is 0 Å². The van der Waals surface area contributed by atoms with Crippen LogP contribution in [-0.2, 0) is 0 Å². The third kappa shape index (κ3) is 5.22. The minimum Gasteiger partial charge on any atom is -0.0616 e. The van der Waals surface area contributed by atoms with Gasteiger partial charge in [0, 0.05) is 0 Å². The quantitative estimate of drug-likeness (QED) is 0.123. The average Bonchev–Trinajstić information content (AvgIpc) is 3.25. The molecule has 0 aliphatic rings. The first kappa shape index (κ1) is 32.4. The lowest BCUT2D eigenvalue weighted by Gasteiger charge is -2.20. The van der Waals surface area contributed by atoms with E-state index in [-0.39, 0.29) is 0 Å². The van der Waals surface area contributed by atoms with Gasteiger partial charge in [-0.25, -0.2) is 0 Å². The fraction of sp³-hybridized carbons (Fsp3) is 0.0357. The molecule has 11 aromatic carbocycles. The molecule has 0 aliphatic heterocycles. The van der Waals surface area contributed by atoms with Crippen molar-refractivity contribution >= 4 is 53.9 Å². The molecule has 0 aliphatic carbocycles. The Morgan fingerprint density at radius 1 is 0.250 bits per heavy atom. The molecule has 0 bridgehead atoms. The second-order valence-electron chi connectivity index (χ2n) is 15.4. The molecule has 0 heteroatoms. The van der Waals surface area contributed by atoms with Gasteiger partial charge in [-0.15, -0.1) is 0 Å². The normalized spacial score (nSPS) is 11.8. The van der Waals surface area contributed by atoms with Crippen molar-refractivity contribution in [3.05, 3.63) is 205 Å². The average molecular weight is 711 g/mol. The maximum absolute atomic E-state index is 2.46. The smallest absolute Gasteiger partial charge is 0.00206 e. The van der Waals surface area contributed by atoms with Crippen LogP contribution in [0.3, 0.4) is 0 Å². The highest BCUT2D eigenvalue weighted by atomic mass is 14.2. The highest BCUT2D eigenvalue weighted by Gasteiger charge is 2.19. The van der Waals surface area contributed by atoms with Crippen LogP contribution in [0, 0.1) is 13.8 Å². The summed E-state index contributed by atoms with van der Waals surface area (Å²) in [4.78, 5) is 0. The molecule has 0 spiro atoms. The zero-order valence-corrected chi connectivity index (χ0v) is 31.5. The Morgan fingerprint density at radius 2 is 0.643 bits per heavy atom. The van der Waals surface area contributed by atoms with Gasteiger partial charge >= 0.3 is 0 Å². The largest absolute Gasteiger partial charge is 0.0616 e. The third-order valence-corrected chi connectivity index (χ3v) is 12.0. The summed E-state index contributed by atoms with van der Waals surface area (Å²) in [5, 5.41) is 12.9. The summed E-state index contributed by atoms with van der Waals surface area (Å²) in [5.41, 5.74) is 14.9. The molecular formula is C56H38. The Hall–Kier alpha value is -7.02. The van der Waals surface area contributed by atoms with Crippen LogP contribution in [0.15, 0.2) is 194 Å². The fourth-order valence-corrected chi connectivity index (χ4v) is 9.11. The molecule has 0 unspecified atom stereocenters. The van der Waals surface area contributed by atoms with Crippen molar-refractivity contribution in [1.82, 2.24) is 0 Å². The molecule has 0 aromatic heterocycles. The topological polar surface area (TPSA) is 0 Å². The summed E-state index contributed by atoms with van der Waals surface area (Å²) in [6.45, 7) is 4.28. The maximum atomic E-state index is 2.46. The van der Waals surface area contributed by atoms with E-state index in [2.05, 4.69) is 208 Å². The van der Waals surface area contributed by atoms with E-state index in [1.807, 2.05) is 0 Å². The lowest BCUT2D eigenvalue weighted by molar-refractivity contribution is 1.47. The highest BCUT2D eigenvalue weighted by Crippen LogP contribution is 2.47. The van der Waals surface area contributed by atoms with E-state index >= 15 is 0 Å². The molecule has 0 nitrogen and oxygen atoms in total. The second kappa shape index (κ2) is 12.8. The maximum Gasteiger partial charge on any atom is -0.00206 e. The van der Waals surface area contributed by atoms with Crippen molar-refractivity contribution in [2.45, 2.75) is 13.8 Å². The summed E-state index contributed by atoms with van der Waals surface area (Å²) in [6, 6.07) is 72.6. The Labute approximate surface area is 327 Å². The predicted octanol–water partition coefficient (Wildman–Crippen LogP) is 15.8. The van der Waals surface area contributed by atoms with Crippen LogP contribution in [0.2, 0.25) is 0 Å². The number of benzene rings is 11. The summed E-state index contributed by atoms with van der Waals surface area (Å²) in [7, 11) is 0. The van der Waals surface area contributed by atoms with Crippen molar-refractivity contribution in [2.24, 2.45) is 0 Å². The van der Waals surface area contributed by atoms with Gasteiger partial charge < -0.3 is 0 Å². The van der Waals surface area contributed by atoms with Gasteiger partial charge in [0.2, 0.25) is 0 Å². The fourth-order valence-electron chi connectivity index (χ4n) is 9.11. The molecular weight excluding hydrogens is 673 g/mol. The first-order valence-electron chi connectivity index (χ1n) is 19.6. The number of fused-ring (bicyclic) bond motifs is 2. The van der Waals surface area contributed by atoms with Gasteiger partial charge in [0.05, 0.1) is 0 Å². The van der Waals surface area contributed by atoms with E-state index in [1.165, 1.54) is 121 Å². The number of hydrogen-bond acceptors (Lipinski definition) is 0. The zero-order valence-electron chi connectivity index (χ0n) is 31.5. The monoisotopic (exact) mass is 710 g/mol. The molecule has 11 aromatic rings. The summed E-state index contributed by atoms with van der Waals surface area (Å²) < 4.78 is 0. The lowest BCUT2D eigenvalue weighted by atomic mass is 9.83. The van der Waals surface area contributed by atoms with E-state index in [4.69, 9.17) is 0 Å². The van der Waals surface area contributed by atoms with Gasteiger partial charge in [0.15, 0.2) is 0 Å². The SMILES string of the molecule is Cc1ccc(-c2ccc(-c3c4ccccc4c(-c4ccc(-c5ccc(C)cc5)cc4)c4cc(-c5ccc6ccc7cccc8ccc5c6c78)ccc34)cc2)cc1. The minimum absolute atomic E-state index is 1.22. The van der Waals surface area contributed by atoms with Gasteiger partial charge in [-0.2, -0.15) is 0 Å². The van der Waals surface area contributed by atoms with E-state index in [9.17, 15) is 0 Å². The van der Waals surface area contributed by atoms with E-state index < -0.39 is 0 Å². The van der Waals surface area contributed by atoms with Crippen molar-refractivity contribution in [2.75, 3.05) is 0 Å². The molecule has 0 saturated carbocycles. The van der Waals surface area contributed by atoms with Crippen molar-refractivity contribution in [3.63, 3.8) is 0 Å². The molecule has 56 heavy (non-hydrogen) atoms. The van der Waals surface area contributed by atoms with Crippen LogP contribution >= 0.6 is 0 Å². The van der Waals surface area contributed by atoms with Crippen molar-refractivity contribution in [3.8, 4) is 55.6 Å². The lowest BCUT2D eigenvalue weighted by Crippen LogP contribution is -1.93. The van der Waals surface area contributed by atoms with Gasteiger partial charge in [0.1, 0.15) is 0 Å². The van der Waals surface area contributed by atoms with Gasteiger partial charge in [-0.05, 0) is 129 Å². The van der Waals surface area contributed by atoms with Crippen LogP contribution in [0.1, 0.15) is 11.1 Å². The second-order valence-corrected chi connectivity index (χ2v) is 15.4. The van der Waals surface area contributed by atoms with E-state index in [0.717, 1.165) is 0 Å². The summed E-state index contributed by atoms with van der Waals surface area (Å²) in [6.07, 6.45) is 0. The van der Waals surface area contributed by atoms with E-state index in [0.29, 0.717) is 0 Å². The summed E-state index contributed by atoms with van der Waals surface area (Å²) in [5.74, 6) is 0. The molecule has 262 valence electrons. The molecule has 0 saturated heterocycles. The summed E-state index contributed by atoms with van der Waals surface area (Å²) >= 11 is 0. The molecule has 0 N–H and O–H groups in total. The standard InChI is InChI=1S/C56H38/c1-35-10-14-37(15-11-35)39-18-22-43(23-19-39)54-48-8-3-4-9-49(48)55(44-24-20-40(21-25-44)38-16-12-36(2)13-17-38)52-34-46(30-33-51(52)54)47-31-28-45-27-26-41-6-5-7-42-29-32-50(47)56(45)53(41)42/h3-34H,1-2H3. The third-order valence-electron chi connectivity index (χ3n) is 12.0. The molecule has 0 atom stereocenters. The predicted molar refractivity (Wildman–Crippen MR) is 242 cm³/mol. The number of hydrogen-bond donors (Lipinski definition) is 0. The highest BCUT2D eigenvalue weighted by molar-refractivity contribution is 6.26. The first-order chi connectivity index (χ1) is 27.6. The van der Waals surface area contributed by atoms with Gasteiger partial charge in [-0.3, -0.25) is 0 Å². The number of rotatable bonds is 5. The molecule has 0 amide bonds. The molecule has 11 rings (SSSR count). The zero-order chi connectivity index (χ0) is 37.3. The van der Waals surface area contributed by atoms with Crippen LogP contribution in [-0.4, -0.2) is 0 Å². The van der Waals surface area contributed by atoms with Gasteiger partial charge in [0.25, 0.3) is 0 Å². The van der Waals surface area contributed by atoms with Crippen LogP contribution in [0.25, 0.3) is 109 Å². The molecule has 0 heterocycles. The Morgan fingerprint density at radius 3 is 1.20 bits per heavy atom. The van der Waals surface area contributed by atoms with Crippen molar-refractivity contribution in [1.29, 1.82) is 0 Å². The van der Waals surface area contributed by atoms with Gasteiger partial charge in [-0.1, -0.05) is 199 Å². The number of aryl methyl sites for hydroxylation is 2. The Bertz CT molecular complexity index is 3240. The molecule has 0 fully saturated rings. The van der Waals surface area contributed by atoms with Crippen molar-refractivity contribution < 1.29 is 0 Å². The van der Waals surface area contributed by atoms with E-state index in [1.54, 1.807) is 0 Å². The Kier molecular flexibility index (Phi) is 7.41. The first-order valence-corrected chi connectivity index (χ1v) is 19.6. The molecule has 0 radical (unpaired) electrons. The Balaban J connectivity index is 1.16. The minimum atomic E-state index is 1.22. The van der Waals surface area contributed by atoms with Crippen LogP contribution in [0.4, 0.5) is 0 Å².